The minimum Gasteiger partial charge on any atom is -0.370 e. The van der Waals surface area contributed by atoms with Crippen molar-refractivity contribution in [2.75, 3.05) is 6.54 Å². The molecule has 0 saturated heterocycles. The summed E-state index contributed by atoms with van der Waals surface area (Å²) in [6.07, 6.45) is 0.360. The molecule has 0 aliphatic carbocycles. The van der Waals surface area contributed by atoms with Crippen LogP contribution in [-0.4, -0.2) is 25.9 Å². The Hall–Kier alpha value is -4.62. The number of aliphatic imine (C=N–C) groups is 1. The number of nitrogens with two attached hydrogens (primary N) is 2. The molecule has 1 heterocycles. The average molecular weight is 519 g/mol. The van der Waals surface area contributed by atoms with Gasteiger partial charge >= 0.3 is 0 Å². The molecule has 5 aromatic carbocycles. The van der Waals surface area contributed by atoms with Crippen molar-refractivity contribution in [2.45, 2.75) is 16.3 Å². The fourth-order valence-corrected chi connectivity index (χ4v) is 6.64. The van der Waals surface area contributed by atoms with Crippen molar-refractivity contribution < 1.29 is 8.42 Å². The van der Waals surface area contributed by atoms with Crippen molar-refractivity contribution in [2.24, 2.45) is 16.5 Å². The van der Waals surface area contributed by atoms with Crippen LogP contribution in [0.3, 0.4) is 0 Å². The molecular weight excluding hydrogens is 492 g/mol. The molecule has 0 fully saturated rings. The molecule has 0 amide bonds. The van der Waals surface area contributed by atoms with E-state index in [0.717, 1.165) is 43.6 Å². The van der Waals surface area contributed by atoms with Gasteiger partial charge in [-0.3, -0.25) is 4.99 Å². The lowest BCUT2D eigenvalue weighted by molar-refractivity contribution is 0.592. The maximum absolute atomic E-state index is 14.0. The highest BCUT2D eigenvalue weighted by molar-refractivity contribution is 7.91. The number of aromatic amines is 1. The molecule has 0 spiro atoms. The van der Waals surface area contributed by atoms with Crippen LogP contribution in [0.2, 0.25) is 0 Å². The number of aromatic nitrogens is 1. The summed E-state index contributed by atoms with van der Waals surface area (Å²) in [5, 5.41) is 5.13. The van der Waals surface area contributed by atoms with Crippen LogP contribution in [0, 0.1) is 0 Å². The predicted molar refractivity (Wildman–Crippen MR) is 155 cm³/mol. The first-order valence-electron chi connectivity index (χ1n) is 12.3. The molecule has 0 radical (unpaired) electrons. The van der Waals surface area contributed by atoms with Crippen LogP contribution < -0.4 is 11.5 Å². The average Bonchev–Trinajstić information content (AvgIpc) is 3.31. The molecule has 0 aliphatic heterocycles. The van der Waals surface area contributed by atoms with E-state index in [1.807, 2.05) is 60.7 Å². The van der Waals surface area contributed by atoms with Crippen LogP contribution in [0.5, 0.6) is 0 Å². The van der Waals surface area contributed by atoms with E-state index < -0.39 is 9.84 Å². The maximum atomic E-state index is 14.0. The molecule has 5 N–H and O–H groups in total. The lowest BCUT2D eigenvalue weighted by Crippen LogP contribution is -2.23. The molecule has 0 aliphatic rings. The highest BCUT2D eigenvalue weighted by Gasteiger charge is 2.26. The largest absolute Gasteiger partial charge is 0.370 e. The Morgan fingerprint density at radius 2 is 1.47 bits per heavy atom. The Morgan fingerprint density at radius 1 is 0.737 bits per heavy atom. The number of sulfone groups is 1. The van der Waals surface area contributed by atoms with Gasteiger partial charge in [0.05, 0.1) is 4.90 Å². The zero-order valence-corrected chi connectivity index (χ0v) is 21.4. The summed E-state index contributed by atoms with van der Waals surface area (Å²) in [5.74, 6) is -0.0276. The second kappa shape index (κ2) is 9.36. The van der Waals surface area contributed by atoms with Crippen molar-refractivity contribution in [3.8, 4) is 11.1 Å². The van der Waals surface area contributed by atoms with Crippen LogP contribution in [0.4, 0.5) is 0 Å². The Morgan fingerprint density at radius 3 is 2.29 bits per heavy atom. The van der Waals surface area contributed by atoms with Gasteiger partial charge in [-0.2, -0.15) is 0 Å². The molecule has 0 unspecified atom stereocenters. The van der Waals surface area contributed by atoms with Gasteiger partial charge in [0, 0.05) is 17.4 Å². The summed E-state index contributed by atoms with van der Waals surface area (Å²) in [6.45, 7) is 0.272. The van der Waals surface area contributed by atoms with Crippen LogP contribution in [-0.2, 0) is 16.3 Å². The third-order valence-electron chi connectivity index (χ3n) is 6.92. The van der Waals surface area contributed by atoms with Gasteiger partial charge in [0.15, 0.2) is 5.96 Å². The van der Waals surface area contributed by atoms with Crippen LogP contribution in [0.25, 0.3) is 43.6 Å². The number of rotatable bonds is 6. The third-order valence-corrected chi connectivity index (χ3v) is 8.68. The minimum atomic E-state index is -3.85. The summed E-state index contributed by atoms with van der Waals surface area (Å²) < 4.78 is 28.0. The molecule has 6 aromatic rings. The second-order valence-electron chi connectivity index (χ2n) is 9.29. The number of guanidine groups is 1. The van der Waals surface area contributed by atoms with Crippen LogP contribution in [0.1, 0.15) is 5.56 Å². The number of nitrogens with one attached hydrogen (secondary N) is 1. The van der Waals surface area contributed by atoms with Crippen molar-refractivity contribution in [1.29, 1.82) is 0 Å². The van der Waals surface area contributed by atoms with Crippen molar-refractivity contribution in [1.82, 2.24) is 4.98 Å². The summed E-state index contributed by atoms with van der Waals surface area (Å²) in [5.41, 5.74) is 14.6. The molecule has 0 atom stereocenters. The smallest absolute Gasteiger partial charge is 0.222 e. The Bertz CT molecular complexity index is 1960. The highest BCUT2D eigenvalue weighted by atomic mass is 32.2. The SMILES string of the molecule is NC(N)=NCCc1c(S(=O)(=O)c2ccc3ccccc3c2)[nH]c2ccc(-c3cccc4ccccc34)cc12. The number of fused-ring (bicyclic) bond motifs is 3. The number of nitrogens with zero attached hydrogens (tertiary/aromatic N) is 1. The fourth-order valence-electron chi connectivity index (χ4n) is 5.09. The molecule has 6 nitrogen and oxygen atoms in total. The first-order chi connectivity index (χ1) is 18.4. The fraction of sp³-hybridized carbons (Fsp3) is 0.0645. The van der Waals surface area contributed by atoms with E-state index in [0.29, 0.717) is 12.0 Å². The summed E-state index contributed by atoms with van der Waals surface area (Å²) >= 11 is 0. The van der Waals surface area contributed by atoms with Crippen molar-refractivity contribution in [3.05, 3.63) is 109 Å². The topological polar surface area (TPSA) is 114 Å². The normalized spacial score (nSPS) is 11.8. The molecular formula is C31H26N4O2S. The second-order valence-corrected chi connectivity index (χ2v) is 11.2. The molecule has 0 saturated carbocycles. The first kappa shape index (κ1) is 23.8. The number of hydrogen-bond donors (Lipinski definition) is 3. The van der Waals surface area contributed by atoms with Gasteiger partial charge in [-0.05, 0) is 68.9 Å². The van der Waals surface area contributed by atoms with E-state index in [2.05, 4.69) is 40.3 Å². The van der Waals surface area contributed by atoms with Gasteiger partial charge in [-0.1, -0.05) is 78.9 Å². The molecule has 7 heteroatoms. The first-order valence-corrected chi connectivity index (χ1v) is 13.8. The van der Waals surface area contributed by atoms with Gasteiger partial charge in [0.1, 0.15) is 5.03 Å². The minimum absolute atomic E-state index is 0.0276. The Kier molecular flexibility index (Phi) is 5.85. The Balaban J connectivity index is 1.54. The van der Waals surface area contributed by atoms with Crippen molar-refractivity contribution in [3.63, 3.8) is 0 Å². The lowest BCUT2D eigenvalue weighted by atomic mass is 9.96. The zero-order chi connectivity index (χ0) is 26.3. The van der Waals surface area contributed by atoms with Gasteiger partial charge < -0.3 is 16.5 Å². The van der Waals surface area contributed by atoms with Gasteiger partial charge in [-0.15, -0.1) is 0 Å². The quantitative estimate of drug-likeness (QED) is 0.191. The highest BCUT2D eigenvalue weighted by Crippen LogP contribution is 2.36. The number of benzene rings is 5. The number of hydrogen-bond acceptors (Lipinski definition) is 3. The van der Waals surface area contributed by atoms with E-state index >= 15 is 0 Å². The standard InChI is InChI=1S/C31H26N4O2S/c32-31(33)34-17-16-27-28-19-23(26-11-5-9-21-7-3-4-10-25(21)26)13-15-29(28)35-30(27)38(36,37)24-14-12-20-6-1-2-8-22(20)18-24/h1-15,18-19,35H,16-17H2,(H4,32,33,34). The van der Waals surface area contributed by atoms with E-state index in [4.69, 9.17) is 11.5 Å². The monoisotopic (exact) mass is 518 g/mol. The lowest BCUT2D eigenvalue weighted by Gasteiger charge is -2.09. The molecule has 1 aromatic heterocycles. The summed E-state index contributed by atoms with van der Waals surface area (Å²) in [6, 6.07) is 33.4. The Labute approximate surface area is 220 Å². The van der Waals surface area contributed by atoms with E-state index in [9.17, 15) is 8.42 Å². The van der Waals surface area contributed by atoms with Gasteiger partial charge in [-0.25, -0.2) is 8.42 Å². The molecule has 38 heavy (non-hydrogen) atoms. The number of H-pyrrole nitrogens is 1. The predicted octanol–water partition coefficient (Wildman–Crippen LogP) is 5.79. The van der Waals surface area contributed by atoms with Crippen molar-refractivity contribution >= 4 is 48.2 Å². The van der Waals surface area contributed by atoms with Gasteiger partial charge in [0.2, 0.25) is 9.84 Å². The molecule has 0 bridgehead atoms. The summed E-state index contributed by atoms with van der Waals surface area (Å²) in [7, 11) is -3.85. The zero-order valence-electron chi connectivity index (χ0n) is 20.6. The van der Waals surface area contributed by atoms with E-state index in [1.165, 1.54) is 0 Å². The third kappa shape index (κ3) is 4.17. The molecule has 6 rings (SSSR count). The van der Waals surface area contributed by atoms with Gasteiger partial charge in [0.25, 0.3) is 0 Å². The maximum Gasteiger partial charge on any atom is 0.222 e. The van der Waals surface area contributed by atoms with Crippen LogP contribution in [0.15, 0.2) is 118 Å². The molecule has 188 valence electrons. The van der Waals surface area contributed by atoms with E-state index in [1.54, 1.807) is 12.1 Å². The van der Waals surface area contributed by atoms with Crippen LogP contribution >= 0.6 is 0 Å². The summed E-state index contributed by atoms with van der Waals surface area (Å²) in [4.78, 5) is 7.57. The van der Waals surface area contributed by atoms with E-state index in [-0.39, 0.29) is 22.4 Å².